The van der Waals surface area contributed by atoms with Gasteiger partial charge in [-0.1, -0.05) is 6.07 Å². The number of hydrogen-bond donors (Lipinski definition) is 1. The van der Waals surface area contributed by atoms with Gasteiger partial charge in [-0.05, 0) is 62.9 Å². The van der Waals surface area contributed by atoms with E-state index in [4.69, 9.17) is 10.5 Å². The minimum absolute atomic E-state index is 0.113. The molecule has 0 bridgehead atoms. The van der Waals surface area contributed by atoms with E-state index >= 15 is 0 Å². The molecule has 3 rings (SSSR count). The second-order valence-electron chi connectivity index (χ2n) is 6.47. The molecular formula is C16H24N2O. The molecule has 1 aromatic carbocycles. The number of rotatable bonds is 2. The number of hydrogen-bond acceptors (Lipinski definition) is 3. The molecule has 0 radical (unpaired) electrons. The standard InChI is InChI=1S/C16H24N2O/c1-16(2)7-4-8-18(16)14-9-11-5-6-12(19-3)10-13(11)15(14)17/h5-6,10,14-15H,4,7-9,17H2,1-3H3. The zero-order chi connectivity index (χ0) is 13.6. The van der Waals surface area contributed by atoms with E-state index in [-0.39, 0.29) is 11.6 Å². The van der Waals surface area contributed by atoms with Crippen molar-refractivity contribution in [1.29, 1.82) is 0 Å². The molecule has 1 aliphatic carbocycles. The first-order valence-electron chi connectivity index (χ1n) is 7.22. The molecule has 104 valence electrons. The molecule has 1 fully saturated rings. The Morgan fingerprint density at radius 1 is 1.37 bits per heavy atom. The van der Waals surface area contributed by atoms with Gasteiger partial charge in [0.25, 0.3) is 0 Å². The van der Waals surface area contributed by atoms with Gasteiger partial charge in [0.1, 0.15) is 5.75 Å². The van der Waals surface area contributed by atoms with Crippen molar-refractivity contribution in [1.82, 2.24) is 4.90 Å². The van der Waals surface area contributed by atoms with Crippen molar-refractivity contribution >= 4 is 0 Å². The maximum atomic E-state index is 6.52. The number of nitrogens with two attached hydrogens (primary N) is 1. The van der Waals surface area contributed by atoms with Crippen molar-refractivity contribution in [3.63, 3.8) is 0 Å². The molecule has 1 aliphatic heterocycles. The van der Waals surface area contributed by atoms with Gasteiger partial charge in [-0.25, -0.2) is 0 Å². The van der Waals surface area contributed by atoms with Crippen LogP contribution in [0.25, 0.3) is 0 Å². The molecular weight excluding hydrogens is 236 g/mol. The van der Waals surface area contributed by atoms with Crippen LogP contribution in [0.1, 0.15) is 43.9 Å². The Labute approximate surface area is 115 Å². The largest absolute Gasteiger partial charge is 0.497 e. The quantitative estimate of drug-likeness (QED) is 0.888. The Morgan fingerprint density at radius 2 is 2.16 bits per heavy atom. The minimum atomic E-state index is 0.113. The second-order valence-corrected chi connectivity index (χ2v) is 6.47. The number of likely N-dealkylation sites (tertiary alicyclic amines) is 1. The summed E-state index contributed by atoms with van der Waals surface area (Å²) in [6, 6.07) is 6.89. The fourth-order valence-corrected chi connectivity index (χ4v) is 3.80. The lowest BCUT2D eigenvalue weighted by Gasteiger charge is -2.38. The molecule has 0 saturated carbocycles. The normalized spacial score (nSPS) is 29.5. The summed E-state index contributed by atoms with van der Waals surface area (Å²) in [5.74, 6) is 0.913. The predicted octanol–water partition coefficient (Wildman–Crippen LogP) is 2.49. The molecule has 2 aliphatic rings. The SMILES string of the molecule is COc1ccc2c(c1)C(N)C(N1CCCC1(C)C)C2. The van der Waals surface area contributed by atoms with Crippen LogP contribution in [-0.4, -0.2) is 30.1 Å². The number of methoxy groups -OCH3 is 1. The Kier molecular flexibility index (Phi) is 3.06. The van der Waals surface area contributed by atoms with Crippen LogP contribution in [0.4, 0.5) is 0 Å². The summed E-state index contributed by atoms with van der Waals surface area (Å²) in [5.41, 5.74) is 9.46. The van der Waals surface area contributed by atoms with Crippen molar-refractivity contribution in [2.75, 3.05) is 13.7 Å². The molecule has 2 atom stereocenters. The Balaban J connectivity index is 1.89. The summed E-state index contributed by atoms with van der Waals surface area (Å²) in [5, 5.41) is 0. The van der Waals surface area contributed by atoms with Gasteiger partial charge in [0, 0.05) is 17.6 Å². The molecule has 1 aromatic rings. The highest BCUT2D eigenvalue weighted by atomic mass is 16.5. The van der Waals surface area contributed by atoms with Crippen LogP contribution >= 0.6 is 0 Å². The Bertz CT molecular complexity index is 484. The molecule has 0 spiro atoms. The molecule has 0 amide bonds. The highest BCUT2D eigenvalue weighted by Gasteiger charge is 2.42. The summed E-state index contributed by atoms with van der Waals surface area (Å²) < 4.78 is 5.32. The smallest absolute Gasteiger partial charge is 0.119 e. The number of fused-ring (bicyclic) bond motifs is 1. The molecule has 2 N–H and O–H groups in total. The van der Waals surface area contributed by atoms with Crippen LogP contribution < -0.4 is 10.5 Å². The van der Waals surface area contributed by atoms with E-state index in [0.717, 1.165) is 12.2 Å². The lowest BCUT2D eigenvalue weighted by molar-refractivity contribution is 0.105. The van der Waals surface area contributed by atoms with Gasteiger partial charge in [-0.3, -0.25) is 4.90 Å². The topological polar surface area (TPSA) is 38.5 Å². The monoisotopic (exact) mass is 260 g/mol. The number of ether oxygens (including phenoxy) is 1. The summed E-state index contributed by atoms with van der Waals surface area (Å²) >= 11 is 0. The lowest BCUT2D eigenvalue weighted by atomic mass is 9.98. The second kappa shape index (κ2) is 4.50. The third-order valence-electron chi connectivity index (χ3n) is 4.92. The molecule has 19 heavy (non-hydrogen) atoms. The van der Waals surface area contributed by atoms with E-state index < -0.39 is 0 Å². The lowest BCUT2D eigenvalue weighted by Crippen LogP contribution is -2.48. The van der Waals surface area contributed by atoms with E-state index in [9.17, 15) is 0 Å². The minimum Gasteiger partial charge on any atom is -0.497 e. The maximum Gasteiger partial charge on any atom is 0.119 e. The van der Waals surface area contributed by atoms with Crippen molar-refractivity contribution in [2.45, 2.75) is 50.7 Å². The van der Waals surface area contributed by atoms with Crippen LogP contribution in [0.15, 0.2) is 18.2 Å². The van der Waals surface area contributed by atoms with Gasteiger partial charge >= 0.3 is 0 Å². The molecule has 3 nitrogen and oxygen atoms in total. The summed E-state index contributed by atoms with van der Waals surface area (Å²) in [6.45, 7) is 5.86. The van der Waals surface area contributed by atoms with Gasteiger partial charge < -0.3 is 10.5 Å². The average Bonchev–Trinajstić information content (AvgIpc) is 2.89. The maximum absolute atomic E-state index is 6.52. The van der Waals surface area contributed by atoms with Crippen LogP contribution in [0.5, 0.6) is 5.75 Å². The third kappa shape index (κ3) is 2.05. The molecule has 3 heteroatoms. The van der Waals surface area contributed by atoms with E-state index in [1.165, 1.54) is 30.5 Å². The number of benzene rings is 1. The van der Waals surface area contributed by atoms with Crippen LogP contribution in [0, 0.1) is 0 Å². The molecule has 2 unspecified atom stereocenters. The van der Waals surface area contributed by atoms with Gasteiger partial charge in [0.2, 0.25) is 0 Å². The van der Waals surface area contributed by atoms with E-state index in [1.54, 1.807) is 7.11 Å². The fraction of sp³-hybridized carbons (Fsp3) is 0.625. The molecule has 1 saturated heterocycles. The van der Waals surface area contributed by atoms with Crippen molar-refractivity contribution in [3.05, 3.63) is 29.3 Å². The van der Waals surface area contributed by atoms with Crippen molar-refractivity contribution in [2.24, 2.45) is 5.73 Å². The van der Waals surface area contributed by atoms with Crippen LogP contribution in [-0.2, 0) is 6.42 Å². The third-order valence-corrected chi connectivity index (χ3v) is 4.92. The highest BCUT2D eigenvalue weighted by Crippen LogP contribution is 2.40. The van der Waals surface area contributed by atoms with Crippen molar-refractivity contribution < 1.29 is 4.74 Å². The van der Waals surface area contributed by atoms with Gasteiger partial charge in [0.05, 0.1) is 7.11 Å². The van der Waals surface area contributed by atoms with E-state index in [0.29, 0.717) is 6.04 Å². The first kappa shape index (κ1) is 12.9. The van der Waals surface area contributed by atoms with E-state index in [2.05, 4.69) is 30.9 Å². The summed E-state index contributed by atoms with van der Waals surface area (Å²) in [4.78, 5) is 2.62. The highest BCUT2D eigenvalue weighted by molar-refractivity contribution is 5.42. The summed E-state index contributed by atoms with van der Waals surface area (Å²) in [6.07, 6.45) is 3.63. The zero-order valence-corrected chi connectivity index (χ0v) is 12.1. The average molecular weight is 260 g/mol. The first-order chi connectivity index (χ1) is 9.03. The van der Waals surface area contributed by atoms with Gasteiger partial charge in [-0.2, -0.15) is 0 Å². The van der Waals surface area contributed by atoms with Gasteiger partial charge in [0.15, 0.2) is 0 Å². The molecule has 1 heterocycles. The van der Waals surface area contributed by atoms with E-state index in [1.807, 2.05) is 6.07 Å². The zero-order valence-electron chi connectivity index (χ0n) is 12.1. The Hall–Kier alpha value is -1.06. The molecule has 0 aromatic heterocycles. The Morgan fingerprint density at radius 3 is 2.79 bits per heavy atom. The van der Waals surface area contributed by atoms with Crippen molar-refractivity contribution in [3.8, 4) is 5.75 Å². The predicted molar refractivity (Wildman–Crippen MR) is 77.4 cm³/mol. The first-order valence-corrected chi connectivity index (χ1v) is 7.22. The van der Waals surface area contributed by atoms with Crippen LogP contribution in [0.2, 0.25) is 0 Å². The van der Waals surface area contributed by atoms with Gasteiger partial charge in [-0.15, -0.1) is 0 Å². The fourth-order valence-electron chi connectivity index (χ4n) is 3.80. The van der Waals surface area contributed by atoms with Crippen LogP contribution in [0.3, 0.4) is 0 Å². The number of nitrogens with zero attached hydrogens (tertiary/aromatic N) is 1. The summed E-state index contributed by atoms with van der Waals surface area (Å²) in [7, 11) is 1.71.